The van der Waals surface area contributed by atoms with Gasteiger partial charge in [0.15, 0.2) is 5.82 Å². The van der Waals surface area contributed by atoms with E-state index < -0.39 is 0 Å². The molecule has 0 radical (unpaired) electrons. The molecule has 3 aromatic rings. The molecule has 4 rings (SSSR count). The lowest BCUT2D eigenvalue weighted by atomic mass is 10.1. The highest BCUT2D eigenvalue weighted by molar-refractivity contribution is 5.36. The predicted molar refractivity (Wildman–Crippen MR) is 94.7 cm³/mol. The Morgan fingerprint density at radius 2 is 1.96 bits per heavy atom. The van der Waals surface area contributed by atoms with Crippen LogP contribution in [-0.2, 0) is 6.54 Å². The van der Waals surface area contributed by atoms with Crippen molar-refractivity contribution in [2.45, 2.75) is 39.7 Å². The van der Waals surface area contributed by atoms with Gasteiger partial charge in [-0.2, -0.15) is 10.1 Å². The van der Waals surface area contributed by atoms with Crippen LogP contribution in [0, 0.1) is 20.8 Å². The molecule has 1 aromatic carbocycles. The van der Waals surface area contributed by atoms with Gasteiger partial charge in [-0.15, -0.1) is 0 Å². The maximum atomic E-state index is 5.33. The highest BCUT2D eigenvalue weighted by Gasteiger charge is 2.27. The number of aromatic nitrogens is 4. The summed E-state index contributed by atoms with van der Waals surface area (Å²) in [6, 6.07) is 10.8. The summed E-state index contributed by atoms with van der Waals surface area (Å²) in [6.45, 7) is 8.95. The summed E-state index contributed by atoms with van der Waals surface area (Å²) in [5.74, 6) is 1.85. The number of rotatable bonds is 4. The average molecular weight is 337 g/mol. The van der Waals surface area contributed by atoms with Crippen molar-refractivity contribution in [2.75, 3.05) is 13.1 Å². The molecule has 3 heterocycles. The van der Waals surface area contributed by atoms with Gasteiger partial charge in [-0.25, -0.2) is 4.68 Å². The molecule has 1 aliphatic rings. The Morgan fingerprint density at radius 1 is 1.16 bits per heavy atom. The average Bonchev–Trinajstić information content (AvgIpc) is 3.29. The molecule has 1 atom stereocenters. The molecule has 2 aromatic heterocycles. The van der Waals surface area contributed by atoms with Crippen LogP contribution in [0.1, 0.15) is 41.0 Å². The van der Waals surface area contributed by atoms with Crippen LogP contribution in [-0.4, -0.2) is 37.9 Å². The van der Waals surface area contributed by atoms with E-state index >= 15 is 0 Å². The van der Waals surface area contributed by atoms with E-state index in [1.807, 2.05) is 18.5 Å². The Labute approximate surface area is 147 Å². The topological polar surface area (TPSA) is 60.0 Å². The maximum absolute atomic E-state index is 5.33. The van der Waals surface area contributed by atoms with E-state index in [9.17, 15) is 0 Å². The Morgan fingerprint density at radius 3 is 2.60 bits per heavy atom. The van der Waals surface area contributed by atoms with Crippen LogP contribution in [0.2, 0.25) is 0 Å². The van der Waals surface area contributed by atoms with Crippen LogP contribution in [0.4, 0.5) is 0 Å². The fourth-order valence-electron chi connectivity index (χ4n) is 3.55. The first kappa shape index (κ1) is 16.0. The first-order valence-corrected chi connectivity index (χ1v) is 8.73. The summed E-state index contributed by atoms with van der Waals surface area (Å²) in [7, 11) is 0. The molecule has 130 valence electrons. The zero-order valence-corrected chi connectivity index (χ0v) is 14.9. The molecule has 0 aliphatic carbocycles. The molecule has 0 saturated carbocycles. The van der Waals surface area contributed by atoms with E-state index in [1.54, 1.807) is 0 Å². The minimum Gasteiger partial charge on any atom is -0.339 e. The predicted octanol–water partition coefficient (Wildman–Crippen LogP) is 3.17. The van der Waals surface area contributed by atoms with Gasteiger partial charge in [0, 0.05) is 18.8 Å². The van der Waals surface area contributed by atoms with Gasteiger partial charge in [0.05, 0.1) is 17.3 Å². The van der Waals surface area contributed by atoms with E-state index in [4.69, 9.17) is 4.52 Å². The molecule has 0 spiro atoms. The molecule has 25 heavy (non-hydrogen) atoms. The van der Waals surface area contributed by atoms with Gasteiger partial charge in [0.1, 0.15) is 0 Å². The third kappa shape index (κ3) is 3.35. The largest absolute Gasteiger partial charge is 0.339 e. The second-order valence-electron chi connectivity index (χ2n) is 6.91. The van der Waals surface area contributed by atoms with Gasteiger partial charge in [-0.1, -0.05) is 17.3 Å². The number of hydrogen-bond donors (Lipinski definition) is 0. The van der Waals surface area contributed by atoms with Crippen molar-refractivity contribution in [3.05, 3.63) is 59.0 Å². The molecule has 6 nitrogen and oxygen atoms in total. The second-order valence-corrected chi connectivity index (χ2v) is 6.91. The molecule has 0 unspecified atom stereocenters. The van der Waals surface area contributed by atoms with Gasteiger partial charge in [-0.3, -0.25) is 4.90 Å². The molecule has 6 heteroatoms. The highest BCUT2D eigenvalue weighted by atomic mass is 16.5. The van der Waals surface area contributed by atoms with Crippen molar-refractivity contribution >= 4 is 0 Å². The molecular weight excluding hydrogens is 314 g/mol. The lowest BCUT2D eigenvalue weighted by molar-refractivity contribution is 0.308. The lowest BCUT2D eigenvalue weighted by Gasteiger charge is -2.15. The van der Waals surface area contributed by atoms with Gasteiger partial charge in [-0.05, 0) is 57.5 Å². The standard InChI is InChI=1S/C19H23N5O/c1-13-10-14(2)24(21-13)18-6-4-16(5-7-18)11-23-9-8-17(12-23)19-20-15(3)22-25-19/h4-7,10,17H,8-9,11-12H2,1-3H3/t17-/m1/s1. The van der Waals surface area contributed by atoms with Crippen LogP contribution in [0.15, 0.2) is 34.9 Å². The van der Waals surface area contributed by atoms with Crippen LogP contribution in [0.5, 0.6) is 0 Å². The van der Waals surface area contributed by atoms with Crippen molar-refractivity contribution < 1.29 is 4.52 Å². The van der Waals surface area contributed by atoms with E-state index in [2.05, 4.69) is 57.4 Å². The Bertz CT molecular complexity index is 864. The number of aryl methyl sites for hydroxylation is 3. The zero-order chi connectivity index (χ0) is 17.4. The van der Waals surface area contributed by atoms with Crippen molar-refractivity contribution in [3.8, 4) is 5.69 Å². The summed E-state index contributed by atoms with van der Waals surface area (Å²) < 4.78 is 7.32. The van der Waals surface area contributed by atoms with Crippen molar-refractivity contribution in [3.63, 3.8) is 0 Å². The molecule has 1 aliphatic heterocycles. The smallest absolute Gasteiger partial charge is 0.231 e. The monoisotopic (exact) mass is 337 g/mol. The lowest BCUT2D eigenvalue weighted by Crippen LogP contribution is -2.19. The van der Waals surface area contributed by atoms with E-state index in [-0.39, 0.29) is 0 Å². The van der Waals surface area contributed by atoms with Crippen LogP contribution in [0.3, 0.4) is 0 Å². The van der Waals surface area contributed by atoms with Crippen molar-refractivity contribution in [1.82, 2.24) is 24.8 Å². The van der Waals surface area contributed by atoms with E-state index in [1.165, 1.54) is 5.56 Å². The van der Waals surface area contributed by atoms with Crippen LogP contribution < -0.4 is 0 Å². The Kier molecular flexibility index (Phi) is 4.13. The van der Waals surface area contributed by atoms with E-state index in [0.717, 1.165) is 49.0 Å². The van der Waals surface area contributed by atoms with Crippen LogP contribution in [0.25, 0.3) is 5.69 Å². The SMILES string of the molecule is Cc1cc(C)n(-c2ccc(CN3CC[C@@H](c4nc(C)no4)C3)cc2)n1. The maximum Gasteiger partial charge on any atom is 0.231 e. The molecule has 1 fully saturated rings. The number of likely N-dealkylation sites (tertiary alicyclic amines) is 1. The quantitative estimate of drug-likeness (QED) is 0.732. The van der Waals surface area contributed by atoms with Gasteiger partial charge in [0.2, 0.25) is 5.89 Å². The van der Waals surface area contributed by atoms with Gasteiger partial charge >= 0.3 is 0 Å². The van der Waals surface area contributed by atoms with Crippen molar-refractivity contribution in [1.29, 1.82) is 0 Å². The Balaban J connectivity index is 1.41. The fourth-order valence-corrected chi connectivity index (χ4v) is 3.55. The normalized spacial score (nSPS) is 18.1. The van der Waals surface area contributed by atoms with Crippen molar-refractivity contribution in [2.24, 2.45) is 0 Å². The summed E-state index contributed by atoms with van der Waals surface area (Å²) >= 11 is 0. The highest BCUT2D eigenvalue weighted by Crippen LogP contribution is 2.27. The second kappa shape index (κ2) is 6.44. The first-order valence-electron chi connectivity index (χ1n) is 8.73. The summed E-state index contributed by atoms with van der Waals surface area (Å²) in [5, 5.41) is 8.45. The Hall–Kier alpha value is -2.47. The summed E-state index contributed by atoms with van der Waals surface area (Å²) in [4.78, 5) is 6.82. The molecule has 0 bridgehead atoms. The first-order chi connectivity index (χ1) is 12.1. The molecular formula is C19H23N5O. The van der Waals surface area contributed by atoms with Gasteiger partial charge in [0.25, 0.3) is 0 Å². The van der Waals surface area contributed by atoms with Crippen LogP contribution >= 0.6 is 0 Å². The molecule has 0 N–H and O–H groups in total. The third-order valence-corrected chi connectivity index (χ3v) is 4.76. The summed E-state index contributed by atoms with van der Waals surface area (Å²) in [5.41, 5.74) is 4.62. The summed E-state index contributed by atoms with van der Waals surface area (Å²) in [6.07, 6.45) is 1.07. The minimum absolute atomic E-state index is 0.357. The molecule has 1 saturated heterocycles. The number of nitrogens with zero attached hydrogens (tertiary/aromatic N) is 5. The molecule has 0 amide bonds. The number of hydrogen-bond acceptors (Lipinski definition) is 5. The third-order valence-electron chi connectivity index (χ3n) is 4.76. The minimum atomic E-state index is 0.357. The fraction of sp³-hybridized carbons (Fsp3) is 0.421. The van der Waals surface area contributed by atoms with E-state index in [0.29, 0.717) is 11.7 Å². The number of benzene rings is 1. The zero-order valence-electron chi connectivity index (χ0n) is 14.9. The van der Waals surface area contributed by atoms with Gasteiger partial charge < -0.3 is 4.52 Å².